The van der Waals surface area contributed by atoms with E-state index in [9.17, 15) is 10.2 Å². The van der Waals surface area contributed by atoms with Crippen molar-refractivity contribution >= 4 is 0 Å². The average molecular weight is 216 g/mol. The fraction of sp³-hybridized carbons (Fsp3) is 1.00. The molecule has 0 amide bonds. The molecule has 3 N–H and O–H groups in total. The lowest BCUT2D eigenvalue weighted by molar-refractivity contribution is 0.0216. The van der Waals surface area contributed by atoms with E-state index in [-0.39, 0.29) is 24.2 Å². The van der Waals surface area contributed by atoms with E-state index >= 15 is 0 Å². The van der Waals surface area contributed by atoms with Crippen molar-refractivity contribution in [1.29, 1.82) is 0 Å². The van der Waals surface area contributed by atoms with Crippen LogP contribution in [0.5, 0.6) is 0 Å². The van der Waals surface area contributed by atoms with Crippen molar-refractivity contribution in [3.05, 3.63) is 0 Å². The van der Waals surface area contributed by atoms with Crippen LogP contribution < -0.4 is 5.43 Å². The molecule has 2 fully saturated rings. The zero-order valence-electron chi connectivity index (χ0n) is 9.98. The van der Waals surface area contributed by atoms with Crippen molar-refractivity contribution in [2.75, 3.05) is 13.1 Å². The maximum Gasteiger partial charge on any atom is 0.0725 e. The van der Waals surface area contributed by atoms with Gasteiger partial charge in [0, 0.05) is 19.0 Å². The van der Waals surface area contributed by atoms with Gasteiger partial charge in [0.2, 0.25) is 0 Å². The number of fused-ring (bicyclic) bond motifs is 1. The smallest absolute Gasteiger partial charge is 0.0725 e. The number of hydrogen-bond acceptors (Lipinski definition) is 4. The Kier molecular flexibility index (Phi) is 4.99. The van der Waals surface area contributed by atoms with Crippen molar-refractivity contribution in [2.45, 2.75) is 51.9 Å². The topological polar surface area (TPSA) is 55.7 Å². The van der Waals surface area contributed by atoms with Gasteiger partial charge in [0.05, 0.1) is 18.2 Å². The molecule has 0 aliphatic carbocycles. The summed E-state index contributed by atoms with van der Waals surface area (Å²) in [6.07, 6.45) is 1.03. The third-order valence-electron chi connectivity index (χ3n) is 3.32. The summed E-state index contributed by atoms with van der Waals surface area (Å²) in [4.78, 5) is 0. The fourth-order valence-electron chi connectivity index (χ4n) is 2.46. The Labute approximate surface area is 92.3 Å². The van der Waals surface area contributed by atoms with Crippen LogP contribution in [0, 0.1) is 5.92 Å². The van der Waals surface area contributed by atoms with E-state index in [0.717, 1.165) is 25.9 Å². The third-order valence-corrected chi connectivity index (χ3v) is 3.32. The van der Waals surface area contributed by atoms with E-state index < -0.39 is 0 Å². The van der Waals surface area contributed by atoms with Crippen molar-refractivity contribution < 1.29 is 10.2 Å². The average Bonchev–Trinajstić information content (AvgIpc) is 2.54. The molecule has 0 aromatic heterocycles. The molecule has 0 aromatic rings. The molecule has 0 aromatic carbocycles. The van der Waals surface area contributed by atoms with Crippen LogP contribution >= 0.6 is 0 Å². The minimum atomic E-state index is -0.282. The van der Waals surface area contributed by atoms with Gasteiger partial charge in [0.15, 0.2) is 0 Å². The Morgan fingerprint density at radius 2 is 1.80 bits per heavy atom. The van der Waals surface area contributed by atoms with Crippen molar-refractivity contribution in [3.8, 4) is 0 Å². The Hall–Kier alpha value is -0.160. The summed E-state index contributed by atoms with van der Waals surface area (Å²) in [7, 11) is 0. The number of nitrogens with zero attached hydrogens (tertiary/aromatic N) is 1. The van der Waals surface area contributed by atoms with Crippen molar-refractivity contribution in [2.24, 2.45) is 5.92 Å². The van der Waals surface area contributed by atoms with Gasteiger partial charge in [-0.2, -0.15) is 0 Å². The Morgan fingerprint density at radius 1 is 1.13 bits per heavy atom. The number of hydrogen-bond donors (Lipinski definition) is 3. The van der Waals surface area contributed by atoms with Crippen LogP contribution in [-0.2, 0) is 0 Å². The highest BCUT2D eigenvalue weighted by atomic mass is 16.3. The number of hydrazine groups is 1. The first-order valence-corrected chi connectivity index (χ1v) is 6.06. The quantitative estimate of drug-likeness (QED) is 0.547. The van der Waals surface area contributed by atoms with Gasteiger partial charge in [0.1, 0.15) is 0 Å². The molecule has 4 nitrogen and oxygen atoms in total. The summed E-state index contributed by atoms with van der Waals surface area (Å²) in [5.74, 6) is 0.160. The van der Waals surface area contributed by atoms with Gasteiger partial charge in [-0.25, -0.2) is 5.01 Å². The molecule has 4 atom stereocenters. The van der Waals surface area contributed by atoms with Crippen LogP contribution in [0.1, 0.15) is 33.6 Å². The highest BCUT2D eigenvalue weighted by Gasteiger charge is 2.40. The van der Waals surface area contributed by atoms with E-state index in [1.54, 1.807) is 0 Å². The molecule has 1 unspecified atom stereocenters. The zero-order chi connectivity index (χ0) is 11.4. The van der Waals surface area contributed by atoms with Crippen LogP contribution in [0.25, 0.3) is 0 Å². The predicted molar refractivity (Wildman–Crippen MR) is 60.3 cm³/mol. The van der Waals surface area contributed by atoms with Crippen LogP contribution in [0.4, 0.5) is 0 Å². The minimum Gasteiger partial charge on any atom is -0.393 e. The second-order valence-electron chi connectivity index (χ2n) is 4.16. The van der Waals surface area contributed by atoms with E-state index in [2.05, 4.69) is 10.4 Å². The molecule has 2 aliphatic heterocycles. The molecule has 4 heteroatoms. The normalized spacial score (nSPS) is 41.4. The van der Waals surface area contributed by atoms with Gasteiger partial charge in [-0.05, 0) is 12.8 Å². The largest absolute Gasteiger partial charge is 0.393 e. The molecule has 2 aliphatic rings. The standard InChI is InChI=1S/C9H18N2O2.C2H6/c1-6-7(12)2-4-10-11-5-3-8(13)9(6)11;1-2/h6-10,12-13H,2-5H2,1H3;1-2H3/t6-,7?,8-,9-;/m0./s1. The second-order valence-corrected chi connectivity index (χ2v) is 4.16. The Balaban J connectivity index is 0.000000531. The highest BCUT2D eigenvalue weighted by molar-refractivity contribution is 4.92. The lowest BCUT2D eigenvalue weighted by Gasteiger charge is -2.29. The summed E-state index contributed by atoms with van der Waals surface area (Å²) in [6.45, 7) is 7.72. The number of aliphatic hydroxyl groups excluding tert-OH is 2. The zero-order valence-corrected chi connectivity index (χ0v) is 9.98. The third kappa shape index (κ3) is 2.69. The number of aliphatic hydroxyl groups is 2. The van der Waals surface area contributed by atoms with Gasteiger partial charge in [-0.1, -0.05) is 20.8 Å². The van der Waals surface area contributed by atoms with Crippen LogP contribution in [-0.4, -0.2) is 46.6 Å². The molecule has 0 spiro atoms. The molecule has 0 saturated carbocycles. The maximum atomic E-state index is 9.74. The highest BCUT2D eigenvalue weighted by Crippen LogP contribution is 2.27. The van der Waals surface area contributed by atoms with Gasteiger partial charge < -0.3 is 10.2 Å². The molecular weight excluding hydrogens is 192 g/mol. The van der Waals surface area contributed by atoms with Crippen LogP contribution in [0.3, 0.4) is 0 Å². The summed E-state index contributed by atoms with van der Waals surface area (Å²) in [5, 5.41) is 21.6. The van der Waals surface area contributed by atoms with Gasteiger partial charge in [-0.3, -0.25) is 5.43 Å². The first-order valence-electron chi connectivity index (χ1n) is 6.06. The van der Waals surface area contributed by atoms with E-state index in [1.165, 1.54) is 0 Å². The SMILES string of the molecule is CC.C[C@H]1C(O)CCNN2CC[C@H](O)[C@H]12. The minimum absolute atomic E-state index is 0.0949. The molecular formula is C11H24N2O2. The van der Waals surface area contributed by atoms with Crippen molar-refractivity contribution in [1.82, 2.24) is 10.4 Å². The summed E-state index contributed by atoms with van der Waals surface area (Å²) in [5.41, 5.74) is 3.25. The lowest BCUT2D eigenvalue weighted by Crippen LogP contribution is -2.47. The lowest BCUT2D eigenvalue weighted by atomic mass is 9.91. The molecule has 15 heavy (non-hydrogen) atoms. The predicted octanol–water partition coefficient (Wildman–Crippen LogP) is 0.353. The van der Waals surface area contributed by atoms with E-state index in [1.807, 2.05) is 20.8 Å². The second kappa shape index (κ2) is 5.80. The summed E-state index contributed by atoms with van der Waals surface area (Å²) < 4.78 is 0. The first-order chi connectivity index (χ1) is 7.20. The number of nitrogens with one attached hydrogen (secondary N) is 1. The van der Waals surface area contributed by atoms with E-state index in [0.29, 0.717) is 0 Å². The molecule has 0 radical (unpaired) electrons. The van der Waals surface area contributed by atoms with Crippen LogP contribution in [0.15, 0.2) is 0 Å². The van der Waals surface area contributed by atoms with Crippen molar-refractivity contribution in [3.63, 3.8) is 0 Å². The van der Waals surface area contributed by atoms with E-state index in [4.69, 9.17) is 0 Å². The monoisotopic (exact) mass is 216 g/mol. The van der Waals surface area contributed by atoms with Gasteiger partial charge in [0.25, 0.3) is 0 Å². The molecule has 0 bridgehead atoms. The van der Waals surface area contributed by atoms with Crippen LogP contribution in [0.2, 0.25) is 0 Å². The molecule has 2 saturated heterocycles. The maximum absolute atomic E-state index is 9.74. The molecule has 2 rings (SSSR count). The number of rotatable bonds is 0. The van der Waals surface area contributed by atoms with Gasteiger partial charge in [-0.15, -0.1) is 0 Å². The Morgan fingerprint density at radius 3 is 2.47 bits per heavy atom. The Bertz CT molecular complexity index is 189. The fourth-order valence-corrected chi connectivity index (χ4v) is 2.46. The summed E-state index contributed by atoms with van der Waals surface area (Å²) >= 11 is 0. The first kappa shape index (κ1) is 12.9. The van der Waals surface area contributed by atoms with Gasteiger partial charge >= 0.3 is 0 Å². The molecule has 90 valence electrons. The summed E-state index contributed by atoms with van der Waals surface area (Å²) in [6, 6.07) is 0.0949. The molecule has 2 heterocycles.